The highest BCUT2D eigenvalue weighted by molar-refractivity contribution is 7.16. The lowest BCUT2D eigenvalue weighted by molar-refractivity contribution is 0.100. The van der Waals surface area contributed by atoms with Gasteiger partial charge in [0.2, 0.25) is 5.95 Å². The van der Waals surface area contributed by atoms with Gasteiger partial charge < -0.3 is 26.8 Å². The molecule has 2 heterocycles. The fraction of sp³-hybridized carbons (Fsp3) is 0.250. The molecule has 9 nitrogen and oxygen atoms in total. The number of benzene rings is 1. The smallest absolute Gasteiger partial charge is 0.254 e. The summed E-state index contributed by atoms with van der Waals surface area (Å²) in [7, 11) is 1.58. The number of methoxy groups -OCH3 is 1. The van der Waals surface area contributed by atoms with Crippen LogP contribution in [0.15, 0.2) is 29.9 Å². The van der Waals surface area contributed by atoms with Gasteiger partial charge in [0.25, 0.3) is 5.91 Å². The molecule has 0 fully saturated rings. The van der Waals surface area contributed by atoms with Crippen molar-refractivity contribution < 1.29 is 9.53 Å². The van der Waals surface area contributed by atoms with Gasteiger partial charge in [0.15, 0.2) is 0 Å². The highest BCUT2D eigenvalue weighted by Crippen LogP contribution is 2.25. The van der Waals surface area contributed by atoms with Crippen LogP contribution in [-0.2, 0) is 4.74 Å². The zero-order valence-corrected chi connectivity index (χ0v) is 14.9. The third-order valence-corrected chi connectivity index (χ3v) is 4.36. The van der Waals surface area contributed by atoms with Gasteiger partial charge in [-0.25, -0.2) is 9.97 Å². The Kier molecular flexibility index (Phi) is 5.56. The molecular weight excluding hydrogens is 354 g/mol. The number of aromatic nitrogens is 3. The van der Waals surface area contributed by atoms with Crippen molar-refractivity contribution in [2.24, 2.45) is 11.5 Å². The lowest BCUT2D eigenvalue weighted by Crippen LogP contribution is -2.33. The largest absolute Gasteiger partial charge is 0.383 e. The summed E-state index contributed by atoms with van der Waals surface area (Å²) in [4.78, 5) is 24.4. The highest BCUT2D eigenvalue weighted by Gasteiger charge is 2.13. The average Bonchev–Trinajstić information content (AvgIpc) is 3.08. The molecule has 0 aliphatic rings. The molecule has 26 heavy (non-hydrogen) atoms. The molecule has 10 heteroatoms. The van der Waals surface area contributed by atoms with Crippen molar-refractivity contribution >= 4 is 44.9 Å². The second-order valence-electron chi connectivity index (χ2n) is 5.58. The predicted molar refractivity (Wildman–Crippen MR) is 102 cm³/mol. The molecule has 0 bridgehead atoms. The minimum Gasteiger partial charge on any atom is -0.383 e. The maximum Gasteiger partial charge on any atom is 0.254 e. The minimum atomic E-state index is -0.620. The number of thiazole rings is 1. The van der Waals surface area contributed by atoms with E-state index in [1.807, 2.05) is 18.2 Å². The van der Waals surface area contributed by atoms with Crippen LogP contribution in [0.5, 0.6) is 0 Å². The molecule has 1 aromatic carbocycles. The monoisotopic (exact) mass is 373 g/mol. The molecule has 136 valence electrons. The molecule has 1 atom stereocenters. The number of nitrogens with two attached hydrogens (primary N) is 2. The summed E-state index contributed by atoms with van der Waals surface area (Å²) < 4.78 is 6.06. The van der Waals surface area contributed by atoms with Crippen LogP contribution in [0, 0.1) is 0 Å². The Labute approximate surface area is 153 Å². The Morgan fingerprint density at radius 3 is 3.00 bits per heavy atom. The second kappa shape index (κ2) is 8.04. The van der Waals surface area contributed by atoms with Gasteiger partial charge in [-0.3, -0.25) is 4.79 Å². The number of hydrogen-bond acceptors (Lipinski definition) is 9. The van der Waals surface area contributed by atoms with Crippen molar-refractivity contribution in [2.75, 3.05) is 30.9 Å². The van der Waals surface area contributed by atoms with E-state index < -0.39 is 5.91 Å². The number of hydrogen-bond donors (Lipinski definition) is 4. The van der Waals surface area contributed by atoms with E-state index in [0.29, 0.717) is 24.9 Å². The van der Waals surface area contributed by atoms with Gasteiger partial charge >= 0.3 is 0 Å². The first kappa shape index (κ1) is 18.0. The molecule has 0 spiro atoms. The summed E-state index contributed by atoms with van der Waals surface area (Å²) in [6, 6.07) is 5.50. The molecule has 1 amide bonds. The van der Waals surface area contributed by atoms with Gasteiger partial charge in [-0.05, 0) is 18.2 Å². The first-order valence-corrected chi connectivity index (χ1v) is 8.70. The number of fused-ring (bicyclic) bond motifs is 1. The van der Waals surface area contributed by atoms with Gasteiger partial charge in [-0.1, -0.05) is 0 Å². The Morgan fingerprint density at radius 1 is 1.38 bits per heavy atom. The van der Waals surface area contributed by atoms with Crippen LogP contribution < -0.4 is 22.1 Å². The van der Waals surface area contributed by atoms with E-state index in [1.54, 1.807) is 24.0 Å². The van der Waals surface area contributed by atoms with Gasteiger partial charge in [-0.2, -0.15) is 4.98 Å². The SMILES string of the molecule is COC[C@H](N)CNc1ncc(C(N)=O)c(Nc2ccc3scnc3c2)n1. The number of carbonyl (C=O) groups excluding carboxylic acids is 1. The quantitative estimate of drug-likeness (QED) is 0.463. The van der Waals surface area contributed by atoms with Crippen LogP contribution in [0.3, 0.4) is 0 Å². The van der Waals surface area contributed by atoms with E-state index in [4.69, 9.17) is 16.2 Å². The van der Waals surface area contributed by atoms with Crippen molar-refractivity contribution in [3.8, 4) is 0 Å². The summed E-state index contributed by atoms with van der Waals surface area (Å²) in [5.74, 6) is 0.0218. The number of anilines is 3. The van der Waals surface area contributed by atoms with Crippen molar-refractivity contribution in [1.82, 2.24) is 15.0 Å². The molecule has 0 aliphatic carbocycles. The minimum absolute atomic E-state index is 0.190. The maximum atomic E-state index is 11.7. The molecule has 2 aromatic heterocycles. The van der Waals surface area contributed by atoms with Gasteiger partial charge in [0, 0.05) is 31.6 Å². The van der Waals surface area contributed by atoms with Gasteiger partial charge in [0.05, 0.1) is 22.3 Å². The van der Waals surface area contributed by atoms with Crippen molar-refractivity contribution in [1.29, 1.82) is 0 Å². The Bertz CT molecular complexity index is 915. The summed E-state index contributed by atoms with van der Waals surface area (Å²) in [5.41, 5.74) is 14.9. The zero-order chi connectivity index (χ0) is 18.5. The third-order valence-electron chi connectivity index (χ3n) is 3.55. The van der Waals surface area contributed by atoms with Crippen molar-refractivity contribution in [3.63, 3.8) is 0 Å². The molecule has 0 unspecified atom stereocenters. The van der Waals surface area contributed by atoms with Crippen LogP contribution in [0.2, 0.25) is 0 Å². The molecule has 3 rings (SSSR count). The number of amides is 1. The fourth-order valence-electron chi connectivity index (χ4n) is 2.31. The second-order valence-corrected chi connectivity index (χ2v) is 6.46. The number of carbonyl (C=O) groups is 1. The summed E-state index contributed by atoms with van der Waals surface area (Å²) in [5, 5.41) is 6.12. The van der Waals surface area contributed by atoms with E-state index in [-0.39, 0.29) is 11.6 Å². The number of nitrogens with one attached hydrogen (secondary N) is 2. The van der Waals surface area contributed by atoms with E-state index in [2.05, 4.69) is 25.6 Å². The predicted octanol–water partition coefficient (Wildman–Crippen LogP) is 1.31. The van der Waals surface area contributed by atoms with E-state index in [1.165, 1.54) is 6.20 Å². The summed E-state index contributed by atoms with van der Waals surface area (Å²) >= 11 is 1.56. The normalized spacial score (nSPS) is 12.1. The zero-order valence-electron chi connectivity index (χ0n) is 14.1. The molecule has 6 N–H and O–H groups in total. The molecular formula is C16H19N7O2S. The van der Waals surface area contributed by atoms with Crippen LogP contribution >= 0.6 is 11.3 Å². The number of rotatable bonds is 8. The molecule has 0 saturated carbocycles. The molecule has 3 aromatic rings. The van der Waals surface area contributed by atoms with E-state index in [9.17, 15) is 4.79 Å². The van der Waals surface area contributed by atoms with Gasteiger partial charge in [0.1, 0.15) is 11.4 Å². The lowest BCUT2D eigenvalue weighted by atomic mass is 10.2. The summed E-state index contributed by atoms with van der Waals surface area (Å²) in [6.45, 7) is 0.832. The van der Waals surface area contributed by atoms with Crippen LogP contribution in [0.25, 0.3) is 10.2 Å². The van der Waals surface area contributed by atoms with Crippen LogP contribution in [0.4, 0.5) is 17.5 Å². The Hall–Kier alpha value is -2.82. The van der Waals surface area contributed by atoms with Crippen molar-refractivity contribution in [2.45, 2.75) is 6.04 Å². The fourth-order valence-corrected chi connectivity index (χ4v) is 2.97. The average molecular weight is 373 g/mol. The highest BCUT2D eigenvalue weighted by atomic mass is 32.1. The number of primary amides is 1. The first-order valence-electron chi connectivity index (χ1n) is 7.82. The van der Waals surface area contributed by atoms with Crippen molar-refractivity contribution in [3.05, 3.63) is 35.5 Å². The number of ether oxygens (including phenoxy) is 1. The van der Waals surface area contributed by atoms with Gasteiger partial charge in [-0.15, -0.1) is 11.3 Å². The number of nitrogens with zero attached hydrogens (tertiary/aromatic N) is 3. The lowest BCUT2D eigenvalue weighted by Gasteiger charge is -2.14. The molecule has 0 saturated heterocycles. The van der Waals surface area contributed by atoms with E-state index >= 15 is 0 Å². The molecule has 0 aliphatic heterocycles. The topological polar surface area (TPSA) is 141 Å². The first-order chi connectivity index (χ1) is 12.6. The maximum absolute atomic E-state index is 11.7. The standard InChI is InChI=1S/C16H19N7O2S/c1-25-7-9(17)5-19-16-20-6-11(14(18)24)15(23-16)22-10-2-3-13-12(4-10)21-8-26-13/h2-4,6,8-9H,5,7,17H2,1H3,(H2,18,24)(H2,19,20,22,23)/t9-/m1/s1. The van der Waals surface area contributed by atoms with Crippen LogP contribution in [-0.4, -0.2) is 47.2 Å². The Morgan fingerprint density at radius 2 is 2.23 bits per heavy atom. The third kappa shape index (κ3) is 4.23. The Balaban J connectivity index is 1.82. The van der Waals surface area contributed by atoms with Crippen LogP contribution in [0.1, 0.15) is 10.4 Å². The molecule has 0 radical (unpaired) electrons. The van der Waals surface area contributed by atoms with E-state index in [0.717, 1.165) is 15.9 Å². The summed E-state index contributed by atoms with van der Waals surface area (Å²) in [6.07, 6.45) is 1.38.